The standard InChI is InChI=1S/C28H33N5O2/c1-19-13-21-17-30-26(31-27(34)23-16-22(23)24-5-3-4-7-29-24)15-20(21)14-25(19)32-8-10-33(11-9-32)28(2)6-12-35-18-28/h3-5,7,13-15,17,22-23H,6,8-12,16,18H2,1-2H3,(H,30,31,34)/t22-,23-,28-/m0/s1. The molecule has 2 aliphatic heterocycles. The lowest BCUT2D eigenvalue weighted by molar-refractivity contribution is -0.117. The lowest BCUT2D eigenvalue weighted by Gasteiger charge is -2.44. The average molecular weight is 472 g/mol. The Morgan fingerprint density at radius 2 is 1.97 bits per heavy atom. The Labute approximate surface area is 206 Å². The lowest BCUT2D eigenvalue weighted by atomic mass is 9.97. The Bertz CT molecular complexity index is 1230. The predicted molar refractivity (Wildman–Crippen MR) is 138 cm³/mol. The van der Waals surface area contributed by atoms with Crippen molar-refractivity contribution >= 4 is 28.2 Å². The Kier molecular flexibility index (Phi) is 5.69. The van der Waals surface area contributed by atoms with E-state index in [1.165, 1.54) is 11.3 Å². The highest BCUT2D eigenvalue weighted by Crippen LogP contribution is 2.47. The number of carbonyl (C=O) groups excluding carboxylic acids is 1. The van der Waals surface area contributed by atoms with E-state index in [2.05, 4.69) is 51.1 Å². The van der Waals surface area contributed by atoms with Gasteiger partial charge in [0, 0.05) is 79.3 Å². The fraction of sp³-hybridized carbons (Fsp3) is 0.464. The van der Waals surface area contributed by atoms with Gasteiger partial charge in [-0.05, 0) is 68.0 Å². The minimum atomic E-state index is -0.0283. The molecule has 2 saturated heterocycles. The molecule has 2 aromatic heterocycles. The van der Waals surface area contributed by atoms with Crippen molar-refractivity contribution in [3.8, 4) is 0 Å². The molecular weight excluding hydrogens is 438 g/mol. The van der Waals surface area contributed by atoms with Crippen LogP contribution in [0.15, 0.2) is 48.8 Å². The van der Waals surface area contributed by atoms with Crippen LogP contribution in [0.3, 0.4) is 0 Å². The van der Waals surface area contributed by atoms with E-state index >= 15 is 0 Å². The van der Waals surface area contributed by atoms with E-state index in [9.17, 15) is 4.79 Å². The monoisotopic (exact) mass is 471 g/mol. The summed E-state index contributed by atoms with van der Waals surface area (Å²) < 4.78 is 5.68. The Hall–Kier alpha value is -3.03. The van der Waals surface area contributed by atoms with Gasteiger partial charge in [-0.1, -0.05) is 6.07 Å². The number of amides is 1. The highest BCUT2D eigenvalue weighted by Gasteiger charge is 2.45. The summed E-state index contributed by atoms with van der Waals surface area (Å²) in [6.07, 6.45) is 5.62. The number of ether oxygens (including phenoxy) is 1. The summed E-state index contributed by atoms with van der Waals surface area (Å²) in [7, 11) is 0. The van der Waals surface area contributed by atoms with E-state index < -0.39 is 0 Å². The van der Waals surface area contributed by atoms with Crippen molar-refractivity contribution < 1.29 is 9.53 Å². The highest BCUT2D eigenvalue weighted by molar-refractivity contribution is 5.97. The summed E-state index contributed by atoms with van der Waals surface area (Å²) in [5.74, 6) is 0.824. The summed E-state index contributed by atoms with van der Waals surface area (Å²) in [5.41, 5.74) is 3.70. The Balaban J connectivity index is 1.15. The predicted octanol–water partition coefficient (Wildman–Crippen LogP) is 3.98. The van der Waals surface area contributed by atoms with Crippen molar-refractivity contribution in [2.24, 2.45) is 5.92 Å². The molecule has 6 rings (SSSR count). The first-order valence-corrected chi connectivity index (χ1v) is 12.7. The van der Waals surface area contributed by atoms with Crippen LogP contribution in [-0.2, 0) is 9.53 Å². The van der Waals surface area contributed by atoms with Crippen LogP contribution in [0.25, 0.3) is 10.8 Å². The number of hydrogen-bond acceptors (Lipinski definition) is 6. The van der Waals surface area contributed by atoms with Gasteiger partial charge in [0.25, 0.3) is 0 Å². The molecule has 4 heterocycles. The van der Waals surface area contributed by atoms with Gasteiger partial charge < -0.3 is 15.0 Å². The average Bonchev–Trinajstić information content (AvgIpc) is 3.57. The van der Waals surface area contributed by atoms with Gasteiger partial charge in [0.05, 0.1) is 6.61 Å². The van der Waals surface area contributed by atoms with Crippen molar-refractivity contribution in [2.75, 3.05) is 49.6 Å². The first kappa shape index (κ1) is 22.4. The number of pyridine rings is 2. The maximum absolute atomic E-state index is 12.8. The van der Waals surface area contributed by atoms with Crippen molar-refractivity contribution in [3.63, 3.8) is 0 Å². The van der Waals surface area contributed by atoms with Crippen molar-refractivity contribution in [1.82, 2.24) is 14.9 Å². The van der Waals surface area contributed by atoms with Gasteiger partial charge in [-0.25, -0.2) is 4.98 Å². The van der Waals surface area contributed by atoms with Crippen LogP contribution in [0.2, 0.25) is 0 Å². The molecule has 0 spiro atoms. The van der Waals surface area contributed by atoms with Gasteiger partial charge in [0.15, 0.2) is 0 Å². The molecule has 3 atom stereocenters. The molecule has 1 amide bonds. The highest BCUT2D eigenvalue weighted by atomic mass is 16.5. The molecule has 35 heavy (non-hydrogen) atoms. The molecule has 3 aromatic rings. The smallest absolute Gasteiger partial charge is 0.229 e. The number of rotatable bonds is 5. The van der Waals surface area contributed by atoms with Gasteiger partial charge in [-0.15, -0.1) is 0 Å². The summed E-state index contributed by atoms with van der Waals surface area (Å²) in [4.78, 5) is 26.8. The number of anilines is 2. The van der Waals surface area contributed by atoms with Crippen LogP contribution in [0.4, 0.5) is 11.5 Å². The molecule has 1 saturated carbocycles. The first-order valence-electron chi connectivity index (χ1n) is 12.7. The van der Waals surface area contributed by atoms with Crippen LogP contribution < -0.4 is 10.2 Å². The fourth-order valence-electron chi connectivity index (χ4n) is 5.72. The first-order chi connectivity index (χ1) is 17.0. The second-order valence-electron chi connectivity index (χ2n) is 10.5. The number of fused-ring (bicyclic) bond motifs is 1. The summed E-state index contributed by atoms with van der Waals surface area (Å²) >= 11 is 0. The third-order valence-corrected chi connectivity index (χ3v) is 8.06. The second-order valence-corrected chi connectivity index (χ2v) is 10.5. The molecule has 182 valence electrons. The maximum Gasteiger partial charge on any atom is 0.229 e. The van der Waals surface area contributed by atoms with Gasteiger partial charge in [-0.2, -0.15) is 0 Å². The van der Waals surface area contributed by atoms with Gasteiger partial charge in [-0.3, -0.25) is 14.7 Å². The fourth-order valence-corrected chi connectivity index (χ4v) is 5.72. The van der Waals surface area contributed by atoms with Gasteiger partial charge >= 0.3 is 0 Å². The molecule has 1 N–H and O–H groups in total. The topological polar surface area (TPSA) is 70.6 Å². The number of nitrogens with one attached hydrogen (secondary N) is 1. The number of benzene rings is 1. The van der Waals surface area contributed by atoms with E-state index in [1.807, 2.05) is 30.5 Å². The minimum Gasteiger partial charge on any atom is -0.379 e. The molecule has 0 bridgehead atoms. The molecule has 7 nitrogen and oxygen atoms in total. The van der Waals surface area contributed by atoms with Crippen molar-refractivity contribution in [3.05, 3.63) is 60.0 Å². The SMILES string of the molecule is Cc1cc2cnc(NC(=O)[C@H]3C[C@@H]3c3ccccn3)cc2cc1N1CCN([C@@]2(C)CCOC2)CC1. The summed E-state index contributed by atoms with van der Waals surface area (Å²) in [6.45, 7) is 10.3. The molecule has 3 fully saturated rings. The van der Waals surface area contributed by atoms with Gasteiger partial charge in [0.1, 0.15) is 5.82 Å². The minimum absolute atomic E-state index is 0.0281. The Morgan fingerprint density at radius 1 is 1.11 bits per heavy atom. The van der Waals surface area contributed by atoms with Crippen molar-refractivity contribution in [2.45, 2.75) is 38.1 Å². The molecule has 1 aromatic carbocycles. The van der Waals surface area contributed by atoms with Gasteiger partial charge in [0.2, 0.25) is 5.91 Å². The molecule has 0 radical (unpaired) electrons. The quantitative estimate of drug-likeness (QED) is 0.607. The summed E-state index contributed by atoms with van der Waals surface area (Å²) in [5, 5.41) is 5.24. The van der Waals surface area contributed by atoms with E-state index in [-0.39, 0.29) is 23.3 Å². The molecular formula is C28H33N5O2. The van der Waals surface area contributed by atoms with Crippen LogP contribution >= 0.6 is 0 Å². The van der Waals surface area contributed by atoms with Crippen LogP contribution in [0, 0.1) is 12.8 Å². The van der Waals surface area contributed by atoms with Crippen LogP contribution in [0.5, 0.6) is 0 Å². The Morgan fingerprint density at radius 3 is 2.71 bits per heavy atom. The van der Waals surface area contributed by atoms with Crippen molar-refractivity contribution in [1.29, 1.82) is 0 Å². The third-order valence-electron chi connectivity index (χ3n) is 8.06. The molecule has 0 unspecified atom stereocenters. The zero-order valence-electron chi connectivity index (χ0n) is 20.5. The normalized spacial score (nSPS) is 26.7. The largest absolute Gasteiger partial charge is 0.379 e. The van der Waals surface area contributed by atoms with E-state index in [4.69, 9.17) is 4.74 Å². The number of carbonyl (C=O) groups is 1. The molecule has 7 heteroatoms. The van der Waals surface area contributed by atoms with E-state index in [1.54, 1.807) is 6.20 Å². The zero-order chi connectivity index (χ0) is 24.0. The van der Waals surface area contributed by atoms with E-state index in [0.717, 1.165) is 68.7 Å². The lowest BCUT2D eigenvalue weighted by Crippen LogP contribution is -2.56. The van der Waals surface area contributed by atoms with E-state index in [0.29, 0.717) is 5.82 Å². The molecule has 3 aliphatic rings. The number of piperazine rings is 1. The number of aromatic nitrogens is 2. The molecule has 1 aliphatic carbocycles. The number of aryl methyl sites for hydroxylation is 1. The van der Waals surface area contributed by atoms with Crippen LogP contribution in [0.1, 0.15) is 36.9 Å². The number of nitrogens with zero attached hydrogens (tertiary/aromatic N) is 4. The third kappa shape index (κ3) is 4.39. The van der Waals surface area contributed by atoms with Crippen LogP contribution in [-0.4, -0.2) is 65.7 Å². The number of hydrogen-bond donors (Lipinski definition) is 1. The zero-order valence-corrected chi connectivity index (χ0v) is 20.5. The summed E-state index contributed by atoms with van der Waals surface area (Å²) in [6, 6.07) is 12.3. The maximum atomic E-state index is 12.8. The second kappa shape index (κ2) is 8.88.